The highest BCUT2D eigenvalue weighted by molar-refractivity contribution is 5.96. The molecule has 0 unspecified atom stereocenters. The number of nitrogens with one attached hydrogen (secondary N) is 1. The van der Waals surface area contributed by atoms with Crippen LogP contribution in [0.15, 0.2) is 72.8 Å². The molecule has 0 heterocycles. The third kappa shape index (κ3) is 6.34. The van der Waals surface area contributed by atoms with E-state index in [1.807, 2.05) is 66.7 Å². The highest BCUT2D eigenvalue weighted by Gasteiger charge is 2.12. The van der Waals surface area contributed by atoms with Gasteiger partial charge >= 0.3 is 5.97 Å². The predicted molar refractivity (Wildman–Crippen MR) is 119 cm³/mol. The zero-order valence-corrected chi connectivity index (χ0v) is 17.6. The lowest BCUT2D eigenvalue weighted by Gasteiger charge is -2.12. The molecule has 0 saturated carbocycles. The van der Waals surface area contributed by atoms with Crippen molar-refractivity contribution in [2.45, 2.75) is 12.8 Å². The molecule has 3 aromatic carbocycles. The number of amides is 1. The Kier molecular flexibility index (Phi) is 7.65. The third-order valence-corrected chi connectivity index (χ3v) is 4.68. The van der Waals surface area contributed by atoms with Gasteiger partial charge < -0.3 is 19.5 Å². The van der Waals surface area contributed by atoms with Gasteiger partial charge in [-0.15, -0.1) is 0 Å². The van der Waals surface area contributed by atoms with Crippen LogP contribution in [0.25, 0.3) is 11.1 Å². The van der Waals surface area contributed by atoms with Crippen LogP contribution in [0.4, 0.5) is 5.69 Å². The minimum Gasteiger partial charge on any atom is -0.497 e. The number of esters is 1. The highest BCUT2D eigenvalue weighted by Crippen LogP contribution is 2.27. The summed E-state index contributed by atoms with van der Waals surface area (Å²) < 4.78 is 15.6. The molecule has 0 fully saturated rings. The molecular formula is C25H25NO5. The van der Waals surface area contributed by atoms with Gasteiger partial charge in [0.25, 0.3) is 5.91 Å². The third-order valence-electron chi connectivity index (χ3n) is 4.68. The van der Waals surface area contributed by atoms with E-state index in [1.165, 1.54) is 0 Å². The van der Waals surface area contributed by atoms with Gasteiger partial charge in [0.15, 0.2) is 6.61 Å². The van der Waals surface area contributed by atoms with Crippen molar-refractivity contribution in [2.75, 3.05) is 26.1 Å². The van der Waals surface area contributed by atoms with Crippen molar-refractivity contribution >= 4 is 17.6 Å². The minimum atomic E-state index is -0.451. The van der Waals surface area contributed by atoms with Gasteiger partial charge in [-0.3, -0.25) is 9.59 Å². The fraction of sp³-hybridized carbons (Fsp3) is 0.200. The molecule has 0 bridgehead atoms. The average molecular weight is 419 g/mol. The number of benzene rings is 3. The number of carbonyl (C=O) groups excluding carboxylic acids is 2. The Bertz CT molecular complexity index is 1010. The Labute approximate surface area is 181 Å². The fourth-order valence-corrected chi connectivity index (χ4v) is 3.12. The quantitative estimate of drug-likeness (QED) is 0.518. The summed E-state index contributed by atoms with van der Waals surface area (Å²) >= 11 is 0. The molecule has 6 heteroatoms. The standard InChI is InChI=1S/C25H25NO5/c1-29-20-14-18(15-21(16-20)30-2)12-13-25(28)31-17-24(27)26-23-11-7-6-10-22(23)19-8-4-3-5-9-19/h3-11,14-16H,12-13,17H2,1-2H3,(H,26,27). The number of methoxy groups -OCH3 is 2. The molecule has 0 aromatic heterocycles. The molecule has 1 amide bonds. The zero-order valence-electron chi connectivity index (χ0n) is 17.6. The van der Waals surface area contributed by atoms with Crippen LogP contribution in [-0.2, 0) is 20.7 Å². The van der Waals surface area contributed by atoms with Crippen LogP contribution >= 0.6 is 0 Å². The smallest absolute Gasteiger partial charge is 0.306 e. The monoisotopic (exact) mass is 419 g/mol. The Morgan fingerprint density at radius 2 is 1.48 bits per heavy atom. The van der Waals surface area contributed by atoms with E-state index in [1.54, 1.807) is 20.3 Å². The van der Waals surface area contributed by atoms with Crippen LogP contribution in [0.1, 0.15) is 12.0 Å². The van der Waals surface area contributed by atoms with Crippen molar-refractivity contribution in [3.8, 4) is 22.6 Å². The molecule has 0 saturated heterocycles. The van der Waals surface area contributed by atoms with E-state index in [2.05, 4.69) is 5.32 Å². The molecule has 0 atom stereocenters. The van der Waals surface area contributed by atoms with Crippen molar-refractivity contribution in [3.05, 3.63) is 78.4 Å². The maximum atomic E-state index is 12.3. The Morgan fingerprint density at radius 3 is 2.16 bits per heavy atom. The fourth-order valence-electron chi connectivity index (χ4n) is 3.12. The first-order chi connectivity index (χ1) is 15.1. The number of carbonyl (C=O) groups is 2. The lowest BCUT2D eigenvalue weighted by atomic mass is 10.0. The number of hydrogen-bond donors (Lipinski definition) is 1. The second-order valence-corrected chi connectivity index (χ2v) is 6.84. The molecule has 0 radical (unpaired) electrons. The van der Waals surface area contributed by atoms with Gasteiger partial charge in [0.1, 0.15) is 11.5 Å². The first-order valence-corrected chi connectivity index (χ1v) is 9.91. The van der Waals surface area contributed by atoms with E-state index in [4.69, 9.17) is 14.2 Å². The van der Waals surface area contributed by atoms with Gasteiger partial charge in [0.2, 0.25) is 0 Å². The van der Waals surface area contributed by atoms with Gasteiger partial charge in [0, 0.05) is 23.7 Å². The molecule has 1 N–H and O–H groups in total. The van der Waals surface area contributed by atoms with Gasteiger partial charge in [0.05, 0.1) is 14.2 Å². The van der Waals surface area contributed by atoms with E-state index < -0.39 is 5.97 Å². The number of rotatable bonds is 9. The average Bonchev–Trinajstić information content (AvgIpc) is 2.82. The lowest BCUT2D eigenvalue weighted by molar-refractivity contribution is -0.147. The van der Waals surface area contributed by atoms with Crippen molar-refractivity contribution in [1.82, 2.24) is 0 Å². The summed E-state index contributed by atoms with van der Waals surface area (Å²) in [5.74, 6) is 0.464. The topological polar surface area (TPSA) is 73.9 Å². The highest BCUT2D eigenvalue weighted by atomic mass is 16.5. The number of hydrogen-bond acceptors (Lipinski definition) is 5. The Morgan fingerprint density at radius 1 is 0.839 bits per heavy atom. The molecule has 0 aliphatic heterocycles. The van der Waals surface area contributed by atoms with Crippen LogP contribution in [0.2, 0.25) is 0 Å². The van der Waals surface area contributed by atoms with Gasteiger partial charge in [-0.1, -0.05) is 48.5 Å². The Balaban J connectivity index is 1.52. The van der Waals surface area contributed by atoms with Crippen LogP contribution < -0.4 is 14.8 Å². The normalized spacial score (nSPS) is 10.3. The Hall–Kier alpha value is -3.80. The summed E-state index contributed by atoms with van der Waals surface area (Å²) in [7, 11) is 3.14. The lowest BCUT2D eigenvalue weighted by Crippen LogP contribution is -2.21. The first kappa shape index (κ1) is 21.9. The summed E-state index contributed by atoms with van der Waals surface area (Å²) in [4.78, 5) is 24.4. The van der Waals surface area contributed by atoms with Crippen LogP contribution in [-0.4, -0.2) is 32.7 Å². The number of anilines is 1. The van der Waals surface area contributed by atoms with E-state index in [-0.39, 0.29) is 18.9 Å². The molecule has 0 aliphatic carbocycles. The molecule has 3 aromatic rings. The molecule has 160 valence electrons. The van der Waals surface area contributed by atoms with Crippen molar-refractivity contribution in [3.63, 3.8) is 0 Å². The van der Waals surface area contributed by atoms with Crippen molar-refractivity contribution in [1.29, 1.82) is 0 Å². The largest absolute Gasteiger partial charge is 0.497 e. The van der Waals surface area contributed by atoms with Gasteiger partial charge in [-0.25, -0.2) is 0 Å². The first-order valence-electron chi connectivity index (χ1n) is 9.91. The molecule has 0 spiro atoms. The molecule has 6 nitrogen and oxygen atoms in total. The summed E-state index contributed by atoms with van der Waals surface area (Å²) in [5.41, 5.74) is 3.44. The van der Waals surface area contributed by atoms with Gasteiger partial charge in [-0.2, -0.15) is 0 Å². The van der Waals surface area contributed by atoms with E-state index in [0.717, 1.165) is 16.7 Å². The minimum absolute atomic E-state index is 0.143. The molecular weight excluding hydrogens is 394 g/mol. The van der Waals surface area contributed by atoms with Crippen molar-refractivity contribution in [2.24, 2.45) is 0 Å². The summed E-state index contributed by atoms with van der Waals surface area (Å²) in [6.07, 6.45) is 0.592. The molecule has 3 rings (SSSR count). The second kappa shape index (κ2) is 10.8. The van der Waals surface area contributed by atoms with Crippen LogP contribution in [0, 0.1) is 0 Å². The maximum absolute atomic E-state index is 12.3. The van der Waals surface area contributed by atoms with Crippen molar-refractivity contribution < 1.29 is 23.8 Å². The van der Waals surface area contributed by atoms with E-state index in [9.17, 15) is 9.59 Å². The number of aryl methyl sites for hydroxylation is 1. The van der Waals surface area contributed by atoms with Gasteiger partial charge in [-0.05, 0) is 35.7 Å². The SMILES string of the molecule is COc1cc(CCC(=O)OCC(=O)Nc2ccccc2-c2ccccc2)cc(OC)c1. The predicted octanol–water partition coefficient (Wildman–Crippen LogP) is 4.49. The van der Waals surface area contributed by atoms with Crippen LogP contribution in [0.3, 0.4) is 0 Å². The molecule has 31 heavy (non-hydrogen) atoms. The van der Waals surface area contributed by atoms with E-state index in [0.29, 0.717) is 23.6 Å². The summed E-state index contributed by atoms with van der Waals surface area (Å²) in [6.45, 7) is -0.344. The summed E-state index contributed by atoms with van der Waals surface area (Å²) in [5, 5.41) is 2.82. The molecule has 0 aliphatic rings. The summed E-state index contributed by atoms with van der Waals surface area (Å²) in [6, 6.07) is 22.7. The second-order valence-electron chi connectivity index (χ2n) is 6.84. The number of para-hydroxylation sites is 1. The maximum Gasteiger partial charge on any atom is 0.306 e. The zero-order chi connectivity index (χ0) is 22.1. The van der Waals surface area contributed by atoms with Crippen LogP contribution in [0.5, 0.6) is 11.5 Å². The number of ether oxygens (including phenoxy) is 3. The van der Waals surface area contributed by atoms with E-state index >= 15 is 0 Å².